The van der Waals surface area contributed by atoms with Crippen molar-refractivity contribution in [2.45, 2.75) is 89.0 Å². The minimum atomic E-state index is -3.56. The van der Waals surface area contributed by atoms with Crippen LogP contribution in [-0.4, -0.2) is 86.3 Å². The number of hydrogen-bond acceptors (Lipinski definition) is 8. The van der Waals surface area contributed by atoms with E-state index in [-0.39, 0.29) is 57.0 Å². The lowest BCUT2D eigenvalue weighted by molar-refractivity contribution is -0.150. The summed E-state index contributed by atoms with van der Waals surface area (Å²) in [6, 6.07) is 28.0. The van der Waals surface area contributed by atoms with Crippen LogP contribution in [0.4, 0.5) is 21.2 Å². The molecule has 3 amide bonds. The lowest BCUT2D eigenvalue weighted by Gasteiger charge is -2.35. The van der Waals surface area contributed by atoms with Gasteiger partial charge in [0.15, 0.2) is 5.60 Å². The van der Waals surface area contributed by atoms with Crippen molar-refractivity contribution in [2.75, 3.05) is 42.7 Å². The molecular weight excluding hydrogens is 860 g/mol. The highest BCUT2D eigenvalue weighted by molar-refractivity contribution is 9.10. The van der Waals surface area contributed by atoms with Crippen LogP contribution in [0.15, 0.2) is 95.5 Å². The van der Waals surface area contributed by atoms with E-state index >= 15 is 8.90 Å². The number of aliphatic hydroxyl groups excluding tert-OH is 2. The molecule has 0 bridgehead atoms. The summed E-state index contributed by atoms with van der Waals surface area (Å²) in [6.45, 7) is 8.60. The first-order valence-electron chi connectivity index (χ1n) is 21.2. The van der Waals surface area contributed by atoms with Crippen LogP contribution >= 0.6 is 15.9 Å². The number of benzene rings is 4. The van der Waals surface area contributed by atoms with Gasteiger partial charge in [0.2, 0.25) is 20.2 Å². The van der Waals surface area contributed by atoms with E-state index in [1.165, 1.54) is 0 Å². The second-order valence-corrected chi connectivity index (χ2v) is 21.5. The monoisotopic (exact) mass is 914 g/mol. The van der Waals surface area contributed by atoms with Gasteiger partial charge in [0, 0.05) is 46.9 Å². The fourth-order valence-corrected chi connectivity index (χ4v) is 12.4. The molecule has 0 aliphatic carbocycles. The van der Waals surface area contributed by atoms with E-state index in [0.29, 0.717) is 42.9 Å². The van der Waals surface area contributed by atoms with Crippen LogP contribution < -0.4 is 19.9 Å². The third-order valence-electron chi connectivity index (χ3n) is 12.3. The third-order valence-corrected chi connectivity index (χ3v) is 15.2. The predicted octanol–water partition coefficient (Wildman–Crippen LogP) is 7.53. The molecule has 4 aromatic rings. The largest absolute Gasteiger partial charge is 0.494 e. The molecule has 1 fully saturated rings. The summed E-state index contributed by atoms with van der Waals surface area (Å²) in [5.41, 5.74) is 3.22. The molecule has 0 saturated carbocycles. The van der Waals surface area contributed by atoms with Crippen molar-refractivity contribution in [3.63, 3.8) is 0 Å². The standard InChI is InChI=1S/C47H56BrFN4O7Si/c1-5-59-37-18-20-40-34(25-37)26-39(50-21-9-10-23-54)45(57)53(40)36-16-13-33(14-17-36)30-52-41-19-15-35(48)27-38(41)47(46(52)58)31(2)44(61(3,4)49)42(60-47)28-43(56)51(22-24-55)29-32-11-7-6-8-12-32/h6-8,11-20,25,27,31,39,42,44,50,54-55H,5,9-10,21-24,26,28-30H2,1-4H3/t31-,39?,42+,44-,47+/m1/s1. The van der Waals surface area contributed by atoms with Crippen molar-refractivity contribution in [3.05, 3.63) is 118 Å². The number of ether oxygens (including phenoxy) is 2. The number of unbranched alkanes of at least 4 members (excludes halogenated alkanes) is 1. The zero-order chi connectivity index (χ0) is 43.5. The Morgan fingerprint density at radius 2 is 1.72 bits per heavy atom. The number of nitrogens with zero attached hydrogens (tertiary/aromatic N) is 3. The Bertz CT molecular complexity index is 2210. The molecule has 1 saturated heterocycles. The minimum Gasteiger partial charge on any atom is -0.494 e. The van der Waals surface area contributed by atoms with E-state index in [1.54, 1.807) is 27.8 Å². The highest BCUT2D eigenvalue weighted by Gasteiger charge is 2.67. The topological polar surface area (TPSA) is 132 Å². The van der Waals surface area contributed by atoms with Crippen LogP contribution in [0.2, 0.25) is 18.6 Å². The number of nitrogens with one attached hydrogen (secondary N) is 1. The van der Waals surface area contributed by atoms with E-state index in [1.807, 2.05) is 105 Å². The molecule has 0 radical (unpaired) electrons. The number of carbonyl (C=O) groups is 3. The molecular formula is C47H56BrFN4O7Si. The Balaban J connectivity index is 1.16. The molecule has 3 heterocycles. The minimum absolute atomic E-state index is 0.0848. The normalized spacial score (nSPS) is 22.2. The van der Waals surface area contributed by atoms with Gasteiger partial charge < -0.3 is 38.9 Å². The lowest BCUT2D eigenvalue weighted by Crippen LogP contribution is -2.49. The molecule has 5 atom stereocenters. The maximum Gasteiger partial charge on any atom is 0.264 e. The van der Waals surface area contributed by atoms with E-state index in [0.717, 1.165) is 39.0 Å². The van der Waals surface area contributed by atoms with E-state index < -0.39 is 37.6 Å². The summed E-state index contributed by atoms with van der Waals surface area (Å²) >= 11 is 3.61. The van der Waals surface area contributed by atoms with E-state index in [4.69, 9.17) is 9.47 Å². The Kier molecular flexibility index (Phi) is 13.8. The average Bonchev–Trinajstić information content (AvgIpc) is 3.65. The zero-order valence-electron chi connectivity index (χ0n) is 35.3. The Morgan fingerprint density at radius 1 is 0.984 bits per heavy atom. The molecule has 324 valence electrons. The van der Waals surface area contributed by atoms with Crippen LogP contribution in [0.25, 0.3) is 0 Å². The van der Waals surface area contributed by atoms with Crippen molar-refractivity contribution >= 4 is 59.1 Å². The molecule has 1 unspecified atom stereocenters. The molecule has 0 aromatic heterocycles. The number of aliphatic hydroxyl groups is 2. The molecule has 1 spiro atoms. The van der Waals surface area contributed by atoms with Crippen LogP contribution in [0.3, 0.4) is 0 Å². The van der Waals surface area contributed by atoms with Crippen molar-refractivity contribution in [1.29, 1.82) is 0 Å². The van der Waals surface area contributed by atoms with Crippen LogP contribution in [0.5, 0.6) is 5.75 Å². The summed E-state index contributed by atoms with van der Waals surface area (Å²) < 4.78 is 30.0. The van der Waals surface area contributed by atoms with Gasteiger partial charge in [-0.2, -0.15) is 0 Å². The van der Waals surface area contributed by atoms with Crippen molar-refractivity contribution in [3.8, 4) is 5.75 Å². The fraction of sp³-hybridized carbons (Fsp3) is 0.426. The smallest absolute Gasteiger partial charge is 0.264 e. The summed E-state index contributed by atoms with van der Waals surface area (Å²) in [4.78, 5) is 48.2. The summed E-state index contributed by atoms with van der Waals surface area (Å²) in [7, 11) is -3.56. The number of anilines is 3. The van der Waals surface area contributed by atoms with Gasteiger partial charge in [0.25, 0.3) is 5.91 Å². The van der Waals surface area contributed by atoms with Gasteiger partial charge in [0.1, 0.15) is 5.75 Å². The van der Waals surface area contributed by atoms with E-state index in [2.05, 4.69) is 21.2 Å². The first kappa shape index (κ1) is 44.6. The second-order valence-electron chi connectivity index (χ2n) is 16.8. The molecule has 14 heteroatoms. The Morgan fingerprint density at radius 3 is 2.41 bits per heavy atom. The van der Waals surface area contributed by atoms with Crippen LogP contribution in [0.1, 0.15) is 55.4 Å². The van der Waals surface area contributed by atoms with Gasteiger partial charge in [-0.3, -0.25) is 19.3 Å². The summed E-state index contributed by atoms with van der Waals surface area (Å²) in [5, 5.41) is 22.6. The van der Waals surface area contributed by atoms with E-state index in [9.17, 15) is 19.8 Å². The zero-order valence-corrected chi connectivity index (χ0v) is 37.9. The Labute approximate surface area is 367 Å². The van der Waals surface area contributed by atoms with Crippen molar-refractivity contribution < 1.29 is 38.2 Å². The molecule has 4 aromatic carbocycles. The van der Waals surface area contributed by atoms with Gasteiger partial charge in [-0.05, 0) is 111 Å². The molecule has 3 aliphatic heterocycles. The summed E-state index contributed by atoms with van der Waals surface area (Å²) in [6.07, 6.45) is 0.888. The molecule has 3 N–H and O–H groups in total. The second kappa shape index (κ2) is 18.9. The van der Waals surface area contributed by atoms with Crippen molar-refractivity contribution in [1.82, 2.24) is 10.2 Å². The number of fused-ring (bicyclic) bond motifs is 3. The molecule has 7 rings (SSSR count). The molecule has 3 aliphatic rings. The first-order chi connectivity index (χ1) is 29.3. The Hall–Kier alpha value is -4.44. The fourth-order valence-electron chi connectivity index (χ4n) is 9.55. The van der Waals surface area contributed by atoms with Gasteiger partial charge in [-0.25, -0.2) is 0 Å². The number of carbonyl (C=O) groups excluding carboxylic acids is 3. The SMILES string of the molecule is CCOc1ccc2c(c1)CC(NCCCCO)C(=O)N2c1ccc(CN2C(=O)[C@@]3(O[C@@H](CC(=O)N(CCO)Cc4ccccc4)[C@H]([Si](C)(C)F)[C@H]3C)c3cc(Br)ccc32)cc1. The van der Waals surface area contributed by atoms with Gasteiger partial charge in [-0.1, -0.05) is 65.3 Å². The number of halogens is 2. The lowest BCUT2D eigenvalue weighted by atomic mass is 9.82. The maximum atomic E-state index is 16.6. The van der Waals surface area contributed by atoms with Gasteiger partial charge in [0.05, 0.1) is 49.7 Å². The first-order valence-corrected chi connectivity index (χ1v) is 25.0. The maximum absolute atomic E-state index is 16.6. The van der Waals surface area contributed by atoms with Crippen LogP contribution in [-0.2, 0) is 44.2 Å². The number of hydrogen-bond donors (Lipinski definition) is 3. The van der Waals surface area contributed by atoms with Gasteiger partial charge >= 0.3 is 0 Å². The number of amides is 3. The number of rotatable bonds is 17. The average molecular weight is 916 g/mol. The van der Waals surface area contributed by atoms with Gasteiger partial charge in [-0.15, -0.1) is 0 Å². The van der Waals surface area contributed by atoms with Crippen LogP contribution in [0, 0.1) is 5.92 Å². The predicted molar refractivity (Wildman–Crippen MR) is 240 cm³/mol. The summed E-state index contributed by atoms with van der Waals surface area (Å²) in [5.74, 6) is -0.533. The third kappa shape index (κ3) is 9.07. The molecule has 11 nitrogen and oxygen atoms in total. The molecule has 61 heavy (non-hydrogen) atoms. The quantitative estimate of drug-likeness (QED) is 0.0563. The highest BCUT2D eigenvalue weighted by atomic mass is 79.9. The van der Waals surface area contributed by atoms with Crippen molar-refractivity contribution in [2.24, 2.45) is 5.92 Å². The highest BCUT2D eigenvalue weighted by Crippen LogP contribution is 2.60.